The Morgan fingerprint density at radius 1 is 1.00 bits per heavy atom. The third-order valence-corrected chi connectivity index (χ3v) is 7.24. The van der Waals surface area contributed by atoms with E-state index in [-0.39, 0.29) is 11.9 Å². The number of ether oxygens (including phenoxy) is 1. The van der Waals surface area contributed by atoms with Gasteiger partial charge in [-0.3, -0.25) is 4.90 Å². The fourth-order valence-corrected chi connectivity index (χ4v) is 5.24. The number of rotatable bonds is 8. The number of benzene rings is 2. The molecule has 2 aromatic carbocycles. The number of thiophene rings is 1. The van der Waals surface area contributed by atoms with Gasteiger partial charge in [0.15, 0.2) is 0 Å². The number of hydrogen-bond donors (Lipinski definition) is 0. The first-order chi connectivity index (χ1) is 15.5. The van der Waals surface area contributed by atoms with Crippen LogP contribution in [0.5, 0.6) is 5.75 Å². The number of piperazine rings is 1. The second-order valence-electron chi connectivity index (χ2n) is 8.89. The zero-order chi connectivity index (χ0) is 22.5. The first-order valence-corrected chi connectivity index (χ1v) is 12.4. The Hall–Kier alpha value is -2.37. The van der Waals surface area contributed by atoms with E-state index in [1.165, 1.54) is 16.0 Å². The smallest absolute Gasteiger partial charge is 0.134 e. The molecule has 0 radical (unpaired) electrons. The summed E-state index contributed by atoms with van der Waals surface area (Å²) in [6.07, 6.45) is 1.02. The van der Waals surface area contributed by atoms with Crippen molar-refractivity contribution in [2.75, 3.05) is 37.6 Å². The van der Waals surface area contributed by atoms with Gasteiger partial charge in [-0.15, -0.1) is 11.3 Å². The van der Waals surface area contributed by atoms with Crippen molar-refractivity contribution < 1.29 is 9.13 Å². The van der Waals surface area contributed by atoms with Crippen LogP contribution in [0.3, 0.4) is 0 Å². The lowest BCUT2D eigenvalue weighted by Crippen LogP contribution is -2.46. The highest BCUT2D eigenvalue weighted by Gasteiger charge is 2.21. The Morgan fingerprint density at radius 2 is 1.75 bits per heavy atom. The van der Waals surface area contributed by atoms with E-state index in [0.717, 1.165) is 50.6 Å². The topological polar surface area (TPSA) is 15.7 Å². The van der Waals surface area contributed by atoms with Crippen LogP contribution in [-0.2, 0) is 0 Å². The highest BCUT2D eigenvalue weighted by molar-refractivity contribution is 7.10. The largest absolute Gasteiger partial charge is 0.485 e. The van der Waals surface area contributed by atoms with Gasteiger partial charge in [0.1, 0.15) is 17.7 Å². The molecule has 0 N–H and O–H groups in total. The molecule has 1 saturated heterocycles. The molecule has 0 aliphatic carbocycles. The van der Waals surface area contributed by atoms with Gasteiger partial charge >= 0.3 is 0 Å². The standard InChI is InChI=1S/C27H33FN2OS/c1-20(2)25-11-10-24(19-21(25)3)31-26(27-5-4-18-32-27)12-13-29-14-16-30(17-15-29)23-8-6-22(28)7-9-23/h4-11,18-20,26H,12-17H2,1-3H3/t26-/m0/s1. The Kier molecular flexibility index (Phi) is 7.48. The van der Waals surface area contributed by atoms with Crippen LogP contribution in [0, 0.1) is 12.7 Å². The fourth-order valence-electron chi connectivity index (χ4n) is 4.45. The van der Waals surface area contributed by atoms with Crippen molar-refractivity contribution in [2.24, 2.45) is 0 Å². The second kappa shape index (κ2) is 10.5. The Morgan fingerprint density at radius 3 is 2.38 bits per heavy atom. The predicted octanol–water partition coefficient (Wildman–Crippen LogP) is 6.65. The van der Waals surface area contributed by atoms with Crippen LogP contribution in [0.4, 0.5) is 10.1 Å². The minimum absolute atomic E-state index is 0.0643. The maximum atomic E-state index is 13.2. The van der Waals surface area contributed by atoms with Gasteiger partial charge in [-0.25, -0.2) is 4.39 Å². The van der Waals surface area contributed by atoms with E-state index in [2.05, 4.69) is 66.3 Å². The molecule has 3 aromatic rings. The van der Waals surface area contributed by atoms with Crippen molar-refractivity contribution >= 4 is 17.0 Å². The Balaban J connectivity index is 1.35. The van der Waals surface area contributed by atoms with Crippen LogP contribution in [0.2, 0.25) is 0 Å². The highest BCUT2D eigenvalue weighted by Crippen LogP contribution is 2.31. The second-order valence-corrected chi connectivity index (χ2v) is 9.87. The van der Waals surface area contributed by atoms with Gasteiger partial charge in [-0.2, -0.15) is 0 Å². The maximum absolute atomic E-state index is 13.2. The van der Waals surface area contributed by atoms with Gasteiger partial charge in [-0.05, 0) is 71.8 Å². The van der Waals surface area contributed by atoms with Crippen LogP contribution in [0.15, 0.2) is 60.0 Å². The Labute approximate surface area is 195 Å². The number of halogens is 1. The van der Waals surface area contributed by atoms with Crippen molar-refractivity contribution in [3.05, 3.63) is 81.8 Å². The van der Waals surface area contributed by atoms with Crippen molar-refractivity contribution in [1.29, 1.82) is 0 Å². The predicted molar refractivity (Wildman–Crippen MR) is 133 cm³/mol. The molecule has 1 atom stereocenters. The molecule has 32 heavy (non-hydrogen) atoms. The molecule has 2 heterocycles. The van der Waals surface area contributed by atoms with Crippen LogP contribution in [0.25, 0.3) is 0 Å². The summed E-state index contributed by atoms with van der Waals surface area (Å²) in [5, 5.41) is 2.13. The molecule has 170 valence electrons. The van der Waals surface area contributed by atoms with Crippen LogP contribution in [0.1, 0.15) is 48.3 Å². The van der Waals surface area contributed by atoms with Crippen LogP contribution >= 0.6 is 11.3 Å². The molecule has 3 nitrogen and oxygen atoms in total. The summed E-state index contributed by atoms with van der Waals surface area (Å²) in [4.78, 5) is 6.12. The van der Waals surface area contributed by atoms with Gasteiger partial charge in [0.2, 0.25) is 0 Å². The molecule has 0 bridgehead atoms. The van der Waals surface area contributed by atoms with E-state index in [4.69, 9.17) is 4.74 Å². The molecule has 1 aliphatic rings. The number of aryl methyl sites for hydroxylation is 1. The summed E-state index contributed by atoms with van der Waals surface area (Å²) in [5.41, 5.74) is 3.77. The molecule has 4 rings (SSSR count). The van der Waals surface area contributed by atoms with Gasteiger partial charge in [-0.1, -0.05) is 26.0 Å². The van der Waals surface area contributed by atoms with Crippen LogP contribution < -0.4 is 9.64 Å². The summed E-state index contributed by atoms with van der Waals surface area (Å²) < 4.78 is 19.7. The van der Waals surface area contributed by atoms with E-state index < -0.39 is 0 Å². The van der Waals surface area contributed by atoms with E-state index in [0.29, 0.717) is 5.92 Å². The number of hydrogen-bond acceptors (Lipinski definition) is 4. The molecule has 5 heteroatoms. The maximum Gasteiger partial charge on any atom is 0.134 e. The van der Waals surface area contributed by atoms with Gasteiger partial charge in [0.25, 0.3) is 0 Å². The fraction of sp³-hybridized carbons (Fsp3) is 0.407. The molecule has 1 fully saturated rings. The lowest BCUT2D eigenvalue weighted by Gasteiger charge is -2.36. The number of nitrogens with zero attached hydrogens (tertiary/aromatic N) is 2. The molecule has 0 saturated carbocycles. The summed E-state index contributed by atoms with van der Waals surface area (Å²) in [6, 6.07) is 17.6. The summed E-state index contributed by atoms with van der Waals surface area (Å²) in [6.45, 7) is 11.6. The molecule has 0 amide bonds. The quantitative estimate of drug-likeness (QED) is 0.380. The minimum atomic E-state index is -0.180. The van der Waals surface area contributed by atoms with E-state index in [1.54, 1.807) is 23.5 Å². The van der Waals surface area contributed by atoms with Gasteiger partial charge < -0.3 is 9.64 Å². The monoisotopic (exact) mass is 452 g/mol. The lowest BCUT2D eigenvalue weighted by molar-refractivity contribution is 0.162. The van der Waals surface area contributed by atoms with Gasteiger partial charge in [0, 0.05) is 49.7 Å². The lowest BCUT2D eigenvalue weighted by atomic mass is 9.98. The molecular formula is C27H33FN2OS. The minimum Gasteiger partial charge on any atom is -0.485 e. The zero-order valence-corrected chi connectivity index (χ0v) is 20.1. The SMILES string of the molecule is Cc1cc(O[C@@H](CCN2CCN(c3ccc(F)cc3)CC2)c2cccs2)ccc1C(C)C. The first-order valence-electron chi connectivity index (χ1n) is 11.5. The summed E-state index contributed by atoms with van der Waals surface area (Å²) >= 11 is 1.77. The number of anilines is 1. The zero-order valence-electron chi connectivity index (χ0n) is 19.3. The van der Waals surface area contributed by atoms with Crippen molar-refractivity contribution in [3.63, 3.8) is 0 Å². The molecule has 0 unspecified atom stereocenters. The normalized spacial score (nSPS) is 15.8. The molecular weight excluding hydrogens is 419 g/mol. The van der Waals surface area contributed by atoms with E-state index >= 15 is 0 Å². The summed E-state index contributed by atoms with van der Waals surface area (Å²) in [5.74, 6) is 1.29. The van der Waals surface area contributed by atoms with E-state index in [9.17, 15) is 4.39 Å². The first kappa shape index (κ1) is 22.8. The molecule has 1 aromatic heterocycles. The van der Waals surface area contributed by atoms with Crippen LogP contribution in [-0.4, -0.2) is 37.6 Å². The third kappa shape index (κ3) is 5.70. The van der Waals surface area contributed by atoms with Crippen molar-refractivity contribution in [1.82, 2.24) is 4.90 Å². The van der Waals surface area contributed by atoms with Gasteiger partial charge in [0.05, 0.1) is 0 Å². The van der Waals surface area contributed by atoms with Crippen molar-refractivity contribution in [2.45, 2.75) is 39.2 Å². The average Bonchev–Trinajstić information content (AvgIpc) is 3.32. The Bertz CT molecular complexity index is 979. The van der Waals surface area contributed by atoms with Crippen molar-refractivity contribution in [3.8, 4) is 5.75 Å². The molecule has 1 aliphatic heterocycles. The van der Waals surface area contributed by atoms with E-state index in [1.807, 2.05) is 12.1 Å². The highest BCUT2D eigenvalue weighted by atomic mass is 32.1. The third-order valence-electron chi connectivity index (χ3n) is 6.27. The molecule has 0 spiro atoms. The average molecular weight is 453 g/mol. The summed E-state index contributed by atoms with van der Waals surface area (Å²) in [7, 11) is 0.